The van der Waals surface area contributed by atoms with Crippen molar-refractivity contribution in [3.8, 4) is 5.75 Å². The first kappa shape index (κ1) is 20.5. The lowest BCUT2D eigenvalue weighted by atomic mass is 9.96. The SMILES string of the molecule is CC(C)COc1ccc(CN2CC3(CC3)CN(C3CCN(C)CC3F)C2=O)cc1. The molecular weight excluding hydrogens is 369 g/mol. The van der Waals surface area contributed by atoms with Crippen molar-refractivity contribution in [2.24, 2.45) is 11.3 Å². The van der Waals surface area contributed by atoms with Crippen molar-refractivity contribution in [2.45, 2.75) is 51.9 Å². The maximum atomic E-state index is 14.8. The van der Waals surface area contributed by atoms with Crippen LogP contribution in [0, 0.1) is 11.3 Å². The van der Waals surface area contributed by atoms with Crippen LogP contribution in [0.3, 0.4) is 0 Å². The molecule has 3 fully saturated rings. The first-order chi connectivity index (χ1) is 13.8. The maximum Gasteiger partial charge on any atom is 0.320 e. The third-order valence-corrected chi connectivity index (χ3v) is 6.50. The molecular formula is C23H34FN3O2. The van der Waals surface area contributed by atoms with Gasteiger partial charge in [-0.1, -0.05) is 26.0 Å². The zero-order valence-electron chi connectivity index (χ0n) is 17.9. The number of nitrogens with zero attached hydrogens (tertiary/aromatic N) is 3. The molecule has 6 heteroatoms. The van der Waals surface area contributed by atoms with Crippen LogP contribution in [-0.4, -0.2) is 72.8 Å². The summed E-state index contributed by atoms with van der Waals surface area (Å²) in [4.78, 5) is 19.1. The molecule has 2 saturated heterocycles. The summed E-state index contributed by atoms with van der Waals surface area (Å²) in [6.45, 7) is 8.30. The Balaban J connectivity index is 1.43. The number of rotatable bonds is 6. The van der Waals surface area contributed by atoms with Gasteiger partial charge in [-0.2, -0.15) is 0 Å². The van der Waals surface area contributed by atoms with Crippen molar-refractivity contribution in [1.29, 1.82) is 0 Å². The van der Waals surface area contributed by atoms with Gasteiger partial charge in [0, 0.05) is 38.1 Å². The molecule has 1 saturated carbocycles. The molecule has 1 aromatic carbocycles. The lowest BCUT2D eigenvalue weighted by molar-refractivity contribution is 0.0153. The van der Waals surface area contributed by atoms with Gasteiger partial charge in [-0.25, -0.2) is 9.18 Å². The van der Waals surface area contributed by atoms with Crippen LogP contribution < -0.4 is 4.74 Å². The Morgan fingerprint density at radius 3 is 2.55 bits per heavy atom. The second-order valence-corrected chi connectivity index (χ2v) is 9.75. The van der Waals surface area contributed by atoms with Gasteiger partial charge in [-0.3, -0.25) is 0 Å². The van der Waals surface area contributed by atoms with Crippen LogP contribution in [0.2, 0.25) is 0 Å². The molecule has 1 aliphatic carbocycles. The Hall–Kier alpha value is -1.82. The molecule has 2 unspecified atom stereocenters. The van der Waals surface area contributed by atoms with Gasteiger partial charge in [0.05, 0.1) is 12.6 Å². The summed E-state index contributed by atoms with van der Waals surface area (Å²) in [6, 6.07) is 7.74. The highest BCUT2D eigenvalue weighted by molar-refractivity contribution is 5.76. The highest BCUT2D eigenvalue weighted by Crippen LogP contribution is 2.50. The third kappa shape index (κ3) is 4.68. The summed E-state index contributed by atoms with van der Waals surface area (Å²) < 4.78 is 20.5. The molecule has 160 valence electrons. The fourth-order valence-electron chi connectivity index (χ4n) is 4.58. The standard InChI is InChI=1S/C23H34FN3O2/c1-17(2)14-29-19-6-4-18(5-7-19)12-26-15-23(9-10-23)16-27(22(26)28)21-8-11-25(3)13-20(21)24/h4-7,17,20-21H,8-16H2,1-3H3. The Morgan fingerprint density at radius 1 is 1.21 bits per heavy atom. The van der Waals surface area contributed by atoms with Crippen LogP contribution in [0.5, 0.6) is 5.75 Å². The predicted molar refractivity (Wildman–Crippen MR) is 112 cm³/mol. The minimum atomic E-state index is -0.967. The number of carbonyl (C=O) groups is 1. The smallest absolute Gasteiger partial charge is 0.320 e. The van der Waals surface area contributed by atoms with Gasteiger partial charge >= 0.3 is 6.03 Å². The summed E-state index contributed by atoms with van der Waals surface area (Å²) in [5, 5.41) is 0. The van der Waals surface area contributed by atoms with Crippen LogP contribution in [-0.2, 0) is 6.54 Å². The topological polar surface area (TPSA) is 36.0 Å². The molecule has 0 radical (unpaired) electrons. The van der Waals surface area contributed by atoms with E-state index in [1.807, 2.05) is 46.0 Å². The van der Waals surface area contributed by atoms with Gasteiger partial charge < -0.3 is 19.4 Å². The summed E-state index contributed by atoms with van der Waals surface area (Å²) in [6.07, 6.45) is 2.03. The molecule has 0 N–H and O–H groups in total. The molecule has 29 heavy (non-hydrogen) atoms. The molecule has 2 atom stereocenters. The van der Waals surface area contributed by atoms with Crippen molar-refractivity contribution in [2.75, 3.05) is 39.8 Å². The number of benzene rings is 1. The van der Waals surface area contributed by atoms with E-state index in [-0.39, 0.29) is 17.5 Å². The summed E-state index contributed by atoms with van der Waals surface area (Å²) in [7, 11) is 1.95. The van der Waals surface area contributed by atoms with E-state index in [0.29, 0.717) is 25.6 Å². The number of ether oxygens (including phenoxy) is 1. The Bertz CT molecular complexity index is 719. The average Bonchev–Trinajstić information content (AvgIpc) is 3.43. The van der Waals surface area contributed by atoms with Crippen LogP contribution in [0.15, 0.2) is 24.3 Å². The van der Waals surface area contributed by atoms with E-state index >= 15 is 0 Å². The van der Waals surface area contributed by atoms with Crippen molar-refractivity contribution in [3.05, 3.63) is 29.8 Å². The number of alkyl halides is 1. The highest BCUT2D eigenvalue weighted by atomic mass is 19.1. The van der Waals surface area contributed by atoms with Crippen LogP contribution in [0.4, 0.5) is 9.18 Å². The molecule has 2 heterocycles. The lowest BCUT2D eigenvalue weighted by Crippen LogP contribution is -2.61. The van der Waals surface area contributed by atoms with Crippen molar-refractivity contribution < 1.29 is 13.9 Å². The minimum Gasteiger partial charge on any atom is -0.493 e. The van der Waals surface area contributed by atoms with Crippen molar-refractivity contribution >= 4 is 6.03 Å². The number of halogens is 1. The Morgan fingerprint density at radius 2 is 1.93 bits per heavy atom. The maximum absolute atomic E-state index is 14.8. The first-order valence-corrected chi connectivity index (χ1v) is 11.0. The fraction of sp³-hybridized carbons (Fsp3) is 0.696. The second-order valence-electron chi connectivity index (χ2n) is 9.75. The number of urea groups is 1. The van der Waals surface area contributed by atoms with E-state index < -0.39 is 6.17 Å². The van der Waals surface area contributed by atoms with Crippen molar-refractivity contribution in [3.63, 3.8) is 0 Å². The Labute approximate surface area is 173 Å². The fourth-order valence-corrected chi connectivity index (χ4v) is 4.58. The molecule has 5 nitrogen and oxygen atoms in total. The summed E-state index contributed by atoms with van der Waals surface area (Å²) >= 11 is 0. The summed E-state index contributed by atoms with van der Waals surface area (Å²) in [5.74, 6) is 1.35. The molecule has 0 bridgehead atoms. The number of piperidine rings is 1. The van der Waals surface area contributed by atoms with Gasteiger partial charge in [0.2, 0.25) is 0 Å². The largest absolute Gasteiger partial charge is 0.493 e. The lowest BCUT2D eigenvalue weighted by Gasteiger charge is -2.47. The zero-order valence-corrected chi connectivity index (χ0v) is 17.9. The number of amides is 2. The highest BCUT2D eigenvalue weighted by Gasteiger charge is 2.53. The quantitative estimate of drug-likeness (QED) is 0.725. The van der Waals surface area contributed by atoms with E-state index in [2.05, 4.69) is 13.8 Å². The normalized spacial score (nSPS) is 27.0. The van der Waals surface area contributed by atoms with Crippen LogP contribution in [0.1, 0.15) is 38.7 Å². The van der Waals surface area contributed by atoms with Gasteiger partial charge in [-0.05, 0) is 49.9 Å². The molecule has 4 rings (SSSR count). The molecule has 3 aliphatic rings. The second kappa shape index (κ2) is 8.13. The van der Waals surface area contributed by atoms with Crippen LogP contribution >= 0.6 is 0 Å². The van der Waals surface area contributed by atoms with Gasteiger partial charge in [0.25, 0.3) is 0 Å². The molecule has 2 amide bonds. The third-order valence-electron chi connectivity index (χ3n) is 6.50. The van der Waals surface area contributed by atoms with E-state index in [9.17, 15) is 9.18 Å². The van der Waals surface area contributed by atoms with E-state index in [4.69, 9.17) is 4.74 Å². The first-order valence-electron chi connectivity index (χ1n) is 11.0. The minimum absolute atomic E-state index is 0.000127. The Kier molecular flexibility index (Phi) is 5.74. The number of carbonyl (C=O) groups excluding carboxylic acids is 1. The van der Waals surface area contributed by atoms with Gasteiger partial charge in [-0.15, -0.1) is 0 Å². The average molecular weight is 404 g/mol. The monoisotopic (exact) mass is 403 g/mol. The van der Waals surface area contributed by atoms with E-state index in [0.717, 1.165) is 50.2 Å². The van der Waals surface area contributed by atoms with Crippen LogP contribution in [0.25, 0.3) is 0 Å². The number of likely N-dealkylation sites (tertiary alicyclic amines) is 1. The van der Waals surface area contributed by atoms with E-state index in [1.54, 1.807) is 0 Å². The molecule has 2 aliphatic heterocycles. The van der Waals surface area contributed by atoms with Gasteiger partial charge in [0.1, 0.15) is 11.9 Å². The van der Waals surface area contributed by atoms with E-state index in [1.165, 1.54) is 0 Å². The molecule has 1 spiro atoms. The number of hydrogen-bond acceptors (Lipinski definition) is 3. The summed E-state index contributed by atoms with van der Waals surface area (Å²) in [5.41, 5.74) is 1.27. The zero-order chi connectivity index (χ0) is 20.6. The van der Waals surface area contributed by atoms with Gasteiger partial charge in [0.15, 0.2) is 0 Å². The van der Waals surface area contributed by atoms with Crippen molar-refractivity contribution in [1.82, 2.24) is 14.7 Å². The molecule has 1 aromatic rings. The number of hydrogen-bond donors (Lipinski definition) is 0. The predicted octanol–water partition coefficient (Wildman–Crippen LogP) is 3.78. The molecule has 0 aromatic heterocycles.